The molecule has 0 saturated carbocycles. The number of para-hydroxylation sites is 1. The number of ether oxygens (including phenoxy) is 2. The van der Waals surface area contributed by atoms with Crippen LogP contribution in [-0.4, -0.2) is 235 Å². The number of carbonyl (C=O) groups is 9. The lowest BCUT2D eigenvalue weighted by Crippen LogP contribution is -2.53. The number of nitrogens with one attached hydrogen (secondary N) is 1. The van der Waals surface area contributed by atoms with Crippen molar-refractivity contribution < 1.29 is 57.7 Å². The van der Waals surface area contributed by atoms with E-state index in [2.05, 4.69) is 4.98 Å². The Balaban J connectivity index is 1.63. The summed E-state index contributed by atoms with van der Waals surface area (Å²) in [4.78, 5) is 140. The Morgan fingerprint density at radius 1 is 0.482 bits per heavy atom. The Labute approximate surface area is 487 Å². The second-order valence-corrected chi connectivity index (χ2v) is 20.4. The molecule has 23 heteroatoms. The fourth-order valence-corrected chi connectivity index (χ4v) is 9.39. The van der Waals surface area contributed by atoms with Crippen LogP contribution in [0.5, 0.6) is 0 Å². The summed E-state index contributed by atoms with van der Waals surface area (Å²) in [5.41, 5.74) is 14.7. The molecule has 8 amide bonds. The van der Waals surface area contributed by atoms with Gasteiger partial charge < -0.3 is 70.2 Å². The molecule has 454 valence electrons. The number of aromatic amines is 1. The molecular weight excluding hydrogens is 1070 g/mol. The topological polar surface area (TPSA) is 286 Å². The van der Waals surface area contributed by atoms with Gasteiger partial charge in [0.2, 0.25) is 47.3 Å². The van der Waals surface area contributed by atoms with E-state index in [1.54, 1.807) is 50.4 Å². The van der Waals surface area contributed by atoms with E-state index < -0.39 is 99.3 Å². The highest BCUT2D eigenvalue weighted by atomic mass is 16.5. The average molecular weight is 1150 g/mol. The van der Waals surface area contributed by atoms with Gasteiger partial charge in [0.25, 0.3) is 0 Å². The van der Waals surface area contributed by atoms with Gasteiger partial charge in [-0.05, 0) is 82.3 Å². The Hall–Kier alpha value is -7.57. The average Bonchev–Trinajstić information content (AvgIpc) is 3.95. The van der Waals surface area contributed by atoms with E-state index >= 15 is 0 Å². The predicted octanol–water partition coefficient (Wildman–Crippen LogP) is 2.19. The molecule has 83 heavy (non-hydrogen) atoms. The summed E-state index contributed by atoms with van der Waals surface area (Å²) >= 11 is 0. The van der Waals surface area contributed by atoms with Crippen LogP contribution in [0.4, 0.5) is 0 Å². The van der Waals surface area contributed by atoms with E-state index in [0.717, 1.165) is 21.4 Å². The summed E-state index contributed by atoms with van der Waals surface area (Å²) < 4.78 is 10.5. The van der Waals surface area contributed by atoms with Crippen LogP contribution >= 0.6 is 0 Å². The zero-order valence-electron chi connectivity index (χ0n) is 49.2. The largest absolute Gasteiger partial charge is 0.395 e. The molecule has 0 bridgehead atoms. The summed E-state index contributed by atoms with van der Waals surface area (Å²) in [6.45, 7) is 2.70. The summed E-state index contributed by atoms with van der Waals surface area (Å²) in [6, 6.07) is 24.3. The third-order valence-corrected chi connectivity index (χ3v) is 14.3. The van der Waals surface area contributed by atoms with Crippen LogP contribution < -0.4 is 11.5 Å². The number of ketones is 1. The monoisotopic (exact) mass is 1150 g/mol. The first-order valence-electron chi connectivity index (χ1n) is 28.2. The molecule has 6 N–H and O–H groups in total. The molecule has 0 unspecified atom stereocenters. The minimum atomic E-state index is -0.765. The molecular formula is C60H87N11O12. The third-order valence-electron chi connectivity index (χ3n) is 14.3. The second-order valence-electron chi connectivity index (χ2n) is 20.4. The van der Waals surface area contributed by atoms with Crippen LogP contribution in [0.25, 0.3) is 10.9 Å². The van der Waals surface area contributed by atoms with Crippen molar-refractivity contribution >= 4 is 63.9 Å². The van der Waals surface area contributed by atoms with Crippen molar-refractivity contribution in [2.75, 3.05) is 132 Å². The standard InChI is InChI=1S/C60H87N11O12/c1-45(73)36-70(46(2)49-19-9-7-10-20-49)59(80)42-65(27-17-15-25-61)54(75)39-67(29-32-72)58(79)44-71(47(3)50-21-11-8-12-22-50)60(81)43-66(28-18-16-26-62)55(76)40-68(31-34-83-6)56(77)41-69(57(78)38-64(48(4)74)30-33-82-5)37-51-35-63-53-24-14-13-23-52(51)53/h7-14,19-24,35,46-47,63,72H,15-18,25-34,36-44,61-62H2,1-6H3/t46-,47-/m0/s1. The smallest absolute Gasteiger partial charge is 0.243 e. The molecule has 0 fully saturated rings. The summed E-state index contributed by atoms with van der Waals surface area (Å²) in [5.74, 6) is -4.83. The number of hydrogen-bond acceptors (Lipinski definition) is 14. The quantitative estimate of drug-likeness (QED) is 0.0469. The number of rotatable bonds is 38. The number of nitrogens with two attached hydrogens (primary N) is 2. The van der Waals surface area contributed by atoms with Crippen molar-refractivity contribution in [1.82, 2.24) is 44.2 Å². The molecule has 0 spiro atoms. The first-order chi connectivity index (χ1) is 39.9. The fourth-order valence-electron chi connectivity index (χ4n) is 9.39. The fraction of sp³-hybridized carbons (Fsp3) is 0.517. The SMILES string of the molecule is COCCN(CC(=O)N(CC(=O)N(CCOC)CC(=O)N(CCCCN)CC(=O)N(CC(=O)N(CCO)CC(=O)N(CCCCN)CC(=O)N(CC(C)=O)[C@@H](C)c1ccccc1)[C@@H](C)c1ccccc1)Cc1c[nH]c2ccccc12)C(C)=O. The van der Waals surface area contributed by atoms with Crippen molar-refractivity contribution in [3.05, 3.63) is 108 Å². The number of unbranched alkanes of at least 4 members (excludes halogenated alkanes) is 2. The van der Waals surface area contributed by atoms with Gasteiger partial charge in [-0.2, -0.15) is 0 Å². The number of aromatic nitrogens is 1. The molecule has 1 heterocycles. The maximum atomic E-state index is 14.9. The molecule has 23 nitrogen and oxygen atoms in total. The Bertz CT molecular complexity index is 2710. The first kappa shape index (κ1) is 67.9. The van der Waals surface area contributed by atoms with Crippen LogP contribution in [0.1, 0.15) is 82.2 Å². The number of amides is 8. The molecule has 4 rings (SSSR count). The van der Waals surface area contributed by atoms with E-state index in [1.165, 1.54) is 62.4 Å². The van der Waals surface area contributed by atoms with Crippen LogP contribution in [-0.2, 0) is 59.2 Å². The van der Waals surface area contributed by atoms with Crippen LogP contribution in [0.15, 0.2) is 91.1 Å². The first-order valence-corrected chi connectivity index (χ1v) is 28.2. The lowest BCUT2D eigenvalue weighted by molar-refractivity contribution is -0.150. The van der Waals surface area contributed by atoms with E-state index in [1.807, 2.05) is 54.6 Å². The molecule has 3 aromatic carbocycles. The zero-order chi connectivity index (χ0) is 60.8. The molecule has 4 aromatic rings. The van der Waals surface area contributed by atoms with Gasteiger partial charge in [0.05, 0.1) is 71.2 Å². The van der Waals surface area contributed by atoms with Gasteiger partial charge in [0, 0.05) is 77.5 Å². The van der Waals surface area contributed by atoms with Crippen LogP contribution in [0, 0.1) is 0 Å². The highest BCUT2D eigenvalue weighted by Crippen LogP contribution is 2.24. The molecule has 0 aliphatic rings. The number of hydrogen-bond donors (Lipinski definition) is 4. The van der Waals surface area contributed by atoms with Crippen molar-refractivity contribution in [3.63, 3.8) is 0 Å². The maximum Gasteiger partial charge on any atom is 0.243 e. The highest BCUT2D eigenvalue weighted by Gasteiger charge is 2.33. The zero-order valence-corrected chi connectivity index (χ0v) is 49.2. The van der Waals surface area contributed by atoms with Crippen LogP contribution in [0.3, 0.4) is 0 Å². The number of nitrogens with zero attached hydrogens (tertiary/aromatic N) is 8. The van der Waals surface area contributed by atoms with Crippen LogP contribution in [0.2, 0.25) is 0 Å². The Morgan fingerprint density at radius 3 is 1.35 bits per heavy atom. The van der Waals surface area contributed by atoms with Crippen molar-refractivity contribution in [3.8, 4) is 0 Å². The summed E-state index contributed by atoms with van der Waals surface area (Å²) in [7, 11) is 2.92. The molecule has 0 aliphatic heterocycles. The van der Waals surface area contributed by atoms with Crippen molar-refractivity contribution in [1.29, 1.82) is 0 Å². The summed E-state index contributed by atoms with van der Waals surface area (Å²) in [5, 5.41) is 11.1. The number of methoxy groups -OCH3 is 2. The van der Waals surface area contributed by atoms with Gasteiger partial charge in [-0.1, -0.05) is 78.9 Å². The number of aliphatic hydroxyl groups is 1. The second kappa shape index (κ2) is 36.1. The van der Waals surface area contributed by atoms with Crippen molar-refractivity contribution in [2.24, 2.45) is 11.5 Å². The minimum Gasteiger partial charge on any atom is -0.395 e. The number of benzene rings is 3. The lowest BCUT2D eigenvalue weighted by atomic mass is 10.1. The number of Topliss-reactive ketones (excluding diaryl/α,β-unsaturated/α-hetero) is 1. The lowest BCUT2D eigenvalue weighted by Gasteiger charge is -2.35. The van der Waals surface area contributed by atoms with Gasteiger partial charge in [0.1, 0.15) is 18.9 Å². The Morgan fingerprint density at radius 2 is 0.880 bits per heavy atom. The van der Waals surface area contributed by atoms with Gasteiger partial charge in [-0.3, -0.25) is 43.2 Å². The number of H-pyrrole nitrogens is 1. The van der Waals surface area contributed by atoms with E-state index in [9.17, 15) is 48.3 Å². The van der Waals surface area contributed by atoms with E-state index in [0.29, 0.717) is 43.4 Å². The third kappa shape index (κ3) is 21.9. The molecule has 2 atom stereocenters. The normalized spacial score (nSPS) is 11.8. The summed E-state index contributed by atoms with van der Waals surface area (Å²) in [6.07, 6.45) is 3.57. The molecule has 0 aliphatic carbocycles. The van der Waals surface area contributed by atoms with Gasteiger partial charge in [-0.15, -0.1) is 0 Å². The van der Waals surface area contributed by atoms with Gasteiger partial charge >= 0.3 is 0 Å². The number of carbonyl (C=O) groups excluding carboxylic acids is 9. The highest BCUT2D eigenvalue weighted by molar-refractivity contribution is 5.94. The molecule has 0 radical (unpaired) electrons. The predicted molar refractivity (Wildman–Crippen MR) is 314 cm³/mol. The Kier molecular flexibility index (Phi) is 29.6. The van der Waals surface area contributed by atoms with Gasteiger partial charge in [0.15, 0.2) is 0 Å². The molecule has 1 aromatic heterocycles. The van der Waals surface area contributed by atoms with E-state index in [-0.39, 0.29) is 83.8 Å². The number of fused-ring (bicyclic) bond motifs is 1. The number of aliphatic hydroxyl groups excluding tert-OH is 1. The maximum absolute atomic E-state index is 14.9. The van der Waals surface area contributed by atoms with Crippen molar-refractivity contribution in [2.45, 2.75) is 72.0 Å². The van der Waals surface area contributed by atoms with Gasteiger partial charge in [-0.25, -0.2) is 0 Å². The minimum absolute atomic E-state index is 0.0154. The van der Waals surface area contributed by atoms with E-state index in [4.69, 9.17) is 20.9 Å². The molecule has 0 saturated heterocycles.